The van der Waals surface area contributed by atoms with E-state index < -0.39 is 11.5 Å². The second-order valence-corrected chi connectivity index (χ2v) is 7.08. The summed E-state index contributed by atoms with van der Waals surface area (Å²) in [4.78, 5) is 24.7. The number of urea groups is 1. The van der Waals surface area contributed by atoms with Crippen LogP contribution in [-0.4, -0.2) is 34.6 Å². The minimum absolute atomic E-state index is 0.343. The molecule has 0 bridgehead atoms. The fourth-order valence-electron chi connectivity index (χ4n) is 2.00. The van der Waals surface area contributed by atoms with Crippen molar-refractivity contribution < 1.29 is 14.7 Å². The van der Waals surface area contributed by atoms with Gasteiger partial charge in [-0.1, -0.05) is 0 Å². The van der Waals surface area contributed by atoms with E-state index in [9.17, 15) is 9.59 Å². The van der Waals surface area contributed by atoms with Crippen LogP contribution in [-0.2, 0) is 11.3 Å². The van der Waals surface area contributed by atoms with Gasteiger partial charge in [-0.2, -0.15) is 0 Å². The molecule has 19 heavy (non-hydrogen) atoms. The molecule has 0 spiro atoms. The maximum Gasteiger partial charge on any atom is 0.329 e. The van der Waals surface area contributed by atoms with Gasteiger partial charge in [0.1, 0.15) is 5.54 Å². The van der Waals surface area contributed by atoms with Gasteiger partial charge >= 0.3 is 12.0 Å². The van der Waals surface area contributed by atoms with Gasteiger partial charge in [-0.25, -0.2) is 9.59 Å². The number of carboxylic acids is 1. The fraction of sp³-hybridized carbons (Fsp3) is 0.500. The number of hydrogen-bond acceptors (Lipinski definition) is 3. The summed E-state index contributed by atoms with van der Waals surface area (Å²) in [6.07, 6.45) is 1.85. The summed E-state index contributed by atoms with van der Waals surface area (Å²) in [5, 5.41) is 13.8. The van der Waals surface area contributed by atoms with Crippen molar-refractivity contribution in [3.63, 3.8) is 0 Å². The van der Waals surface area contributed by atoms with Crippen molar-refractivity contribution in [2.75, 3.05) is 7.05 Å². The van der Waals surface area contributed by atoms with Gasteiger partial charge in [-0.15, -0.1) is 11.3 Å². The SMILES string of the molecule is CN(Cc1csc(Br)c1)C(=O)NC1(C(=O)O)CCC1. The number of carboxylic acid groups (broad SMARTS) is 1. The summed E-state index contributed by atoms with van der Waals surface area (Å²) in [6.45, 7) is 0.462. The Balaban J connectivity index is 1.94. The van der Waals surface area contributed by atoms with Gasteiger partial charge in [-0.3, -0.25) is 0 Å². The molecule has 2 N–H and O–H groups in total. The standard InChI is InChI=1S/C12H15BrN2O3S/c1-15(6-8-5-9(13)19-7-8)11(18)14-12(10(16)17)3-2-4-12/h5,7H,2-4,6H2,1H3,(H,14,18)(H,16,17). The van der Waals surface area contributed by atoms with Crippen LogP contribution in [0.15, 0.2) is 15.2 Å². The molecule has 104 valence electrons. The molecule has 2 rings (SSSR count). The van der Waals surface area contributed by atoms with Gasteiger partial charge < -0.3 is 15.3 Å². The molecule has 1 aliphatic rings. The van der Waals surface area contributed by atoms with Crippen LogP contribution in [0.5, 0.6) is 0 Å². The molecule has 0 radical (unpaired) electrons. The lowest BCUT2D eigenvalue weighted by molar-refractivity contribution is -0.148. The molecule has 1 fully saturated rings. The summed E-state index contributed by atoms with van der Waals surface area (Å²) < 4.78 is 1.01. The van der Waals surface area contributed by atoms with E-state index in [0.717, 1.165) is 15.8 Å². The second kappa shape index (κ2) is 5.50. The highest BCUT2D eigenvalue weighted by molar-refractivity contribution is 9.11. The summed E-state index contributed by atoms with van der Waals surface area (Å²) in [5.74, 6) is -0.946. The van der Waals surface area contributed by atoms with Crippen molar-refractivity contribution >= 4 is 39.3 Å². The molecule has 1 aromatic rings. The summed E-state index contributed by atoms with van der Waals surface area (Å²) in [7, 11) is 1.66. The van der Waals surface area contributed by atoms with E-state index in [0.29, 0.717) is 19.4 Å². The molecule has 0 aromatic carbocycles. The molecule has 0 atom stereocenters. The van der Waals surface area contributed by atoms with Crippen molar-refractivity contribution in [1.82, 2.24) is 10.2 Å². The molecule has 1 saturated carbocycles. The number of halogens is 1. The van der Waals surface area contributed by atoms with Crippen LogP contribution in [0, 0.1) is 0 Å². The third-order valence-corrected chi connectivity index (χ3v) is 4.90. The first-order valence-corrected chi connectivity index (χ1v) is 7.60. The number of nitrogens with one attached hydrogen (secondary N) is 1. The Bertz CT molecular complexity index is 499. The molecule has 5 nitrogen and oxygen atoms in total. The first-order chi connectivity index (χ1) is 8.93. The summed E-state index contributed by atoms with van der Waals surface area (Å²) in [5.41, 5.74) is -0.0341. The third-order valence-electron chi connectivity index (χ3n) is 3.35. The second-order valence-electron chi connectivity index (χ2n) is 4.79. The minimum atomic E-state index is -1.05. The van der Waals surface area contributed by atoms with Crippen LogP contribution in [0.25, 0.3) is 0 Å². The number of carbonyl (C=O) groups excluding carboxylic acids is 1. The Kier molecular flexibility index (Phi) is 4.15. The highest BCUT2D eigenvalue weighted by Gasteiger charge is 2.46. The zero-order valence-corrected chi connectivity index (χ0v) is 12.9. The largest absolute Gasteiger partial charge is 0.480 e. The zero-order chi connectivity index (χ0) is 14.0. The van der Waals surface area contributed by atoms with Crippen molar-refractivity contribution in [2.24, 2.45) is 0 Å². The molecule has 1 aromatic heterocycles. The van der Waals surface area contributed by atoms with Crippen molar-refractivity contribution in [2.45, 2.75) is 31.3 Å². The molecule has 2 amide bonds. The molecule has 0 unspecified atom stereocenters. The lowest BCUT2D eigenvalue weighted by atomic mass is 9.77. The normalized spacial score (nSPS) is 16.5. The summed E-state index contributed by atoms with van der Waals surface area (Å²) in [6, 6.07) is 1.61. The highest BCUT2D eigenvalue weighted by Crippen LogP contribution is 2.32. The number of hydrogen-bond donors (Lipinski definition) is 2. The van der Waals surface area contributed by atoms with Crippen LogP contribution in [0.4, 0.5) is 4.79 Å². The van der Waals surface area contributed by atoms with Gasteiger partial charge in [0.2, 0.25) is 0 Å². The van der Waals surface area contributed by atoms with E-state index in [-0.39, 0.29) is 6.03 Å². The van der Waals surface area contributed by atoms with Crippen LogP contribution < -0.4 is 5.32 Å². The van der Waals surface area contributed by atoms with E-state index in [1.165, 1.54) is 4.90 Å². The number of rotatable bonds is 4. The monoisotopic (exact) mass is 346 g/mol. The molecule has 7 heteroatoms. The molecule has 1 heterocycles. The predicted molar refractivity (Wildman–Crippen MR) is 76.2 cm³/mol. The summed E-state index contributed by atoms with van der Waals surface area (Å²) >= 11 is 4.93. The molecular formula is C12H15BrN2O3S. The lowest BCUT2D eigenvalue weighted by Crippen LogP contribution is -2.61. The van der Waals surface area contributed by atoms with E-state index in [1.54, 1.807) is 18.4 Å². The maximum absolute atomic E-state index is 12.0. The number of nitrogens with zero attached hydrogens (tertiary/aromatic N) is 1. The van der Waals surface area contributed by atoms with Crippen LogP contribution in [0.2, 0.25) is 0 Å². The molecule has 0 aliphatic heterocycles. The van der Waals surface area contributed by atoms with E-state index in [2.05, 4.69) is 21.2 Å². The fourth-order valence-corrected chi connectivity index (χ4v) is 3.20. The van der Waals surface area contributed by atoms with Crippen molar-refractivity contribution in [3.8, 4) is 0 Å². The van der Waals surface area contributed by atoms with Crippen LogP contribution in [0.3, 0.4) is 0 Å². The number of aliphatic carboxylic acids is 1. The first kappa shape index (κ1) is 14.3. The van der Waals surface area contributed by atoms with Crippen molar-refractivity contribution in [3.05, 3.63) is 20.8 Å². The molecule has 1 aliphatic carbocycles. The predicted octanol–water partition coefficient (Wildman–Crippen LogP) is 2.66. The van der Waals surface area contributed by atoms with Gasteiger partial charge in [-0.05, 0) is 52.2 Å². The Morgan fingerprint density at radius 3 is 2.68 bits per heavy atom. The zero-order valence-electron chi connectivity index (χ0n) is 10.5. The number of thiophene rings is 1. The molecular weight excluding hydrogens is 332 g/mol. The Morgan fingerprint density at radius 1 is 1.58 bits per heavy atom. The van der Waals surface area contributed by atoms with E-state index >= 15 is 0 Å². The van der Waals surface area contributed by atoms with Crippen LogP contribution in [0.1, 0.15) is 24.8 Å². The Morgan fingerprint density at radius 2 is 2.26 bits per heavy atom. The van der Waals surface area contributed by atoms with E-state index in [4.69, 9.17) is 5.11 Å². The highest BCUT2D eigenvalue weighted by atomic mass is 79.9. The van der Waals surface area contributed by atoms with E-state index in [1.807, 2.05) is 11.4 Å². The maximum atomic E-state index is 12.0. The first-order valence-electron chi connectivity index (χ1n) is 5.92. The van der Waals surface area contributed by atoms with Gasteiger partial charge in [0.15, 0.2) is 0 Å². The van der Waals surface area contributed by atoms with Gasteiger partial charge in [0.05, 0.1) is 3.79 Å². The number of carbonyl (C=O) groups is 2. The van der Waals surface area contributed by atoms with Crippen molar-refractivity contribution in [1.29, 1.82) is 0 Å². The van der Waals surface area contributed by atoms with Gasteiger partial charge in [0, 0.05) is 13.6 Å². The van der Waals surface area contributed by atoms with Gasteiger partial charge in [0.25, 0.3) is 0 Å². The lowest BCUT2D eigenvalue weighted by Gasteiger charge is -2.39. The quantitative estimate of drug-likeness (QED) is 0.880. The minimum Gasteiger partial charge on any atom is -0.480 e. The smallest absolute Gasteiger partial charge is 0.329 e. The average molecular weight is 347 g/mol. The average Bonchev–Trinajstić information content (AvgIpc) is 2.68. The third kappa shape index (κ3) is 3.09. The number of amides is 2. The molecule has 0 saturated heterocycles. The topological polar surface area (TPSA) is 69.6 Å². The Hall–Kier alpha value is -1.08. The van der Waals surface area contributed by atoms with Crippen LogP contribution >= 0.6 is 27.3 Å². The Labute approximate surface area is 123 Å².